The van der Waals surface area contributed by atoms with E-state index in [1.54, 1.807) is 18.2 Å². The van der Waals surface area contributed by atoms with Gasteiger partial charge in [-0.25, -0.2) is 0 Å². The summed E-state index contributed by atoms with van der Waals surface area (Å²) in [6, 6.07) is 7.93. The molecule has 0 heterocycles. The summed E-state index contributed by atoms with van der Waals surface area (Å²) in [6.07, 6.45) is 0. The van der Waals surface area contributed by atoms with Crippen molar-refractivity contribution in [1.29, 1.82) is 0 Å². The van der Waals surface area contributed by atoms with Gasteiger partial charge >= 0.3 is 0 Å². The fourth-order valence-electron chi connectivity index (χ4n) is 0.550. The maximum Gasteiger partial charge on any atom is 0.269 e. The molecule has 4 nitrogen and oxygen atoms in total. The fraction of sp³-hybridized carbons (Fsp3) is 0.400. The second kappa shape index (κ2) is 11.6. The highest BCUT2D eigenvalue weighted by molar-refractivity contribution is 5.27. The van der Waals surface area contributed by atoms with E-state index in [9.17, 15) is 10.1 Å². The Balaban J connectivity index is 0. The molecule has 4 heteroatoms. The van der Waals surface area contributed by atoms with Crippen LogP contribution in [0.5, 0.6) is 0 Å². The van der Waals surface area contributed by atoms with Crippen molar-refractivity contribution in [1.82, 2.24) is 5.32 Å². The van der Waals surface area contributed by atoms with E-state index in [0.29, 0.717) is 0 Å². The monoisotopic (exact) mass is 198 g/mol. The molecule has 0 spiro atoms. The van der Waals surface area contributed by atoms with Gasteiger partial charge in [-0.2, -0.15) is 0 Å². The Morgan fingerprint density at radius 1 is 1.14 bits per heavy atom. The molecule has 0 saturated heterocycles. The molecule has 0 aliphatic rings. The topological polar surface area (TPSA) is 55.2 Å². The fourth-order valence-corrected chi connectivity index (χ4v) is 0.550. The van der Waals surface area contributed by atoms with E-state index in [0.717, 1.165) is 0 Å². The molecule has 1 N–H and O–H groups in total. The molecule has 14 heavy (non-hydrogen) atoms. The van der Waals surface area contributed by atoms with Crippen molar-refractivity contribution in [2.24, 2.45) is 0 Å². The minimum Gasteiger partial charge on any atom is -0.323 e. The van der Waals surface area contributed by atoms with E-state index in [1.807, 2.05) is 27.9 Å². The van der Waals surface area contributed by atoms with Crippen LogP contribution in [0.3, 0.4) is 0 Å². The maximum atomic E-state index is 10.0. The van der Waals surface area contributed by atoms with Crippen molar-refractivity contribution in [3.63, 3.8) is 0 Å². The quantitative estimate of drug-likeness (QED) is 0.557. The lowest BCUT2D eigenvalue weighted by Crippen LogP contribution is -1.89. The molecular weight excluding hydrogens is 180 g/mol. The average Bonchev–Trinajstić information content (AvgIpc) is 2.23. The van der Waals surface area contributed by atoms with Crippen LogP contribution in [-0.4, -0.2) is 19.0 Å². The van der Waals surface area contributed by atoms with Crippen molar-refractivity contribution >= 4 is 5.69 Å². The van der Waals surface area contributed by atoms with E-state index in [-0.39, 0.29) is 5.69 Å². The third kappa shape index (κ3) is 8.67. The Hall–Kier alpha value is -1.42. The summed E-state index contributed by atoms with van der Waals surface area (Å²) in [5, 5.41) is 12.8. The molecule has 1 rings (SSSR count). The zero-order valence-electron chi connectivity index (χ0n) is 9.15. The number of nitrogens with one attached hydrogen (secondary N) is 1. The van der Waals surface area contributed by atoms with Gasteiger partial charge in [0.25, 0.3) is 5.69 Å². The summed E-state index contributed by atoms with van der Waals surface area (Å²) < 4.78 is 0. The van der Waals surface area contributed by atoms with E-state index < -0.39 is 4.92 Å². The zero-order chi connectivity index (χ0) is 11.4. The molecule has 0 saturated carbocycles. The number of rotatable bonds is 1. The van der Waals surface area contributed by atoms with Gasteiger partial charge in [-0.1, -0.05) is 32.0 Å². The van der Waals surface area contributed by atoms with Gasteiger partial charge in [0.05, 0.1) is 4.92 Å². The molecule has 1 aromatic carbocycles. The number of nitro benzene ring substituents is 1. The van der Waals surface area contributed by atoms with Crippen LogP contribution in [0.15, 0.2) is 30.3 Å². The Labute approximate surface area is 85.1 Å². The van der Waals surface area contributed by atoms with Gasteiger partial charge in [-0.15, -0.1) is 0 Å². The number of non-ortho nitro benzene ring substituents is 1. The Morgan fingerprint density at radius 2 is 1.50 bits per heavy atom. The summed E-state index contributed by atoms with van der Waals surface area (Å²) in [6.45, 7) is 4.00. The number of nitro groups is 1. The molecule has 0 fully saturated rings. The van der Waals surface area contributed by atoms with Gasteiger partial charge in [0.15, 0.2) is 0 Å². The van der Waals surface area contributed by atoms with Crippen molar-refractivity contribution in [2.45, 2.75) is 13.8 Å². The van der Waals surface area contributed by atoms with Crippen LogP contribution in [0.1, 0.15) is 13.8 Å². The van der Waals surface area contributed by atoms with Gasteiger partial charge in [0.1, 0.15) is 0 Å². The normalized spacial score (nSPS) is 7.43. The summed E-state index contributed by atoms with van der Waals surface area (Å²) in [5.41, 5.74) is 0.137. The molecule has 0 bridgehead atoms. The van der Waals surface area contributed by atoms with Crippen LogP contribution in [0.25, 0.3) is 0 Å². The van der Waals surface area contributed by atoms with Crippen LogP contribution in [0.2, 0.25) is 0 Å². The molecule has 0 atom stereocenters. The van der Waals surface area contributed by atoms with Crippen LogP contribution in [0.4, 0.5) is 5.69 Å². The van der Waals surface area contributed by atoms with Gasteiger partial charge in [-0.3, -0.25) is 10.1 Å². The summed E-state index contributed by atoms with van der Waals surface area (Å²) in [5.74, 6) is 0. The van der Waals surface area contributed by atoms with Crippen molar-refractivity contribution < 1.29 is 4.92 Å². The standard InChI is InChI=1S/C6H5NO2.C2H7N.C2H6/c8-7(9)6-4-2-1-3-5-6;1-3-2;1-2/h1-5H;3H,1-2H3;1-2H3. The lowest BCUT2D eigenvalue weighted by atomic mass is 10.3. The van der Waals surface area contributed by atoms with Crippen molar-refractivity contribution in [3.8, 4) is 0 Å². The second-order valence-electron chi connectivity index (χ2n) is 2.09. The SMILES string of the molecule is CC.CNC.O=[N+]([O-])c1ccccc1. The van der Waals surface area contributed by atoms with Gasteiger partial charge < -0.3 is 5.32 Å². The van der Waals surface area contributed by atoms with Crippen LogP contribution >= 0.6 is 0 Å². The summed E-state index contributed by atoms with van der Waals surface area (Å²) in [7, 11) is 3.75. The molecule has 0 radical (unpaired) electrons. The van der Waals surface area contributed by atoms with E-state index in [2.05, 4.69) is 5.32 Å². The number of benzene rings is 1. The number of hydrogen-bond acceptors (Lipinski definition) is 3. The first-order chi connectivity index (χ1) is 6.72. The minimum absolute atomic E-state index is 0.137. The highest BCUT2D eigenvalue weighted by Gasteiger charge is 1.98. The molecule has 1 aromatic rings. The lowest BCUT2D eigenvalue weighted by molar-refractivity contribution is -0.384. The molecule has 80 valence electrons. The molecule has 0 aliphatic carbocycles. The maximum absolute atomic E-state index is 10.0. The third-order valence-corrected chi connectivity index (χ3v) is 0.967. The Morgan fingerprint density at radius 3 is 1.71 bits per heavy atom. The van der Waals surface area contributed by atoms with Crippen LogP contribution in [-0.2, 0) is 0 Å². The largest absolute Gasteiger partial charge is 0.323 e. The molecule has 0 unspecified atom stereocenters. The van der Waals surface area contributed by atoms with E-state index in [4.69, 9.17) is 0 Å². The smallest absolute Gasteiger partial charge is 0.269 e. The minimum atomic E-state index is -0.417. The first kappa shape index (κ1) is 15.1. The van der Waals surface area contributed by atoms with Crippen molar-refractivity contribution in [3.05, 3.63) is 40.4 Å². The predicted molar refractivity (Wildman–Crippen MR) is 59.4 cm³/mol. The van der Waals surface area contributed by atoms with E-state index >= 15 is 0 Å². The first-order valence-electron chi connectivity index (χ1n) is 4.50. The number of para-hydroxylation sites is 1. The van der Waals surface area contributed by atoms with Gasteiger partial charge in [0.2, 0.25) is 0 Å². The van der Waals surface area contributed by atoms with E-state index in [1.165, 1.54) is 12.1 Å². The van der Waals surface area contributed by atoms with Gasteiger partial charge in [-0.05, 0) is 14.1 Å². The molecule has 0 aromatic heterocycles. The lowest BCUT2D eigenvalue weighted by Gasteiger charge is -1.85. The Bertz CT molecular complexity index is 225. The zero-order valence-corrected chi connectivity index (χ0v) is 9.15. The highest BCUT2D eigenvalue weighted by Crippen LogP contribution is 2.06. The first-order valence-corrected chi connectivity index (χ1v) is 4.50. The average molecular weight is 198 g/mol. The van der Waals surface area contributed by atoms with Crippen LogP contribution in [0, 0.1) is 10.1 Å². The van der Waals surface area contributed by atoms with Crippen molar-refractivity contribution in [2.75, 3.05) is 14.1 Å². The van der Waals surface area contributed by atoms with Gasteiger partial charge in [0, 0.05) is 12.1 Å². The summed E-state index contributed by atoms with van der Waals surface area (Å²) >= 11 is 0. The number of hydrogen-bond donors (Lipinski definition) is 1. The number of nitrogens with zero attached hydrogens (tertiary/aromatic N) is 1. The second-order valence-corrected chi connectivity index (χ2v) is 2.09. The highest BCUT2D eigenvalue weighted by atomic mass is 16.6. The Kier molecular flexibility index (Phi) is 12.5. The predicted octanol–water partition coefficient (Wildman–Crippen LogP) is 2.46. The molecule has 0 aliphatic heterocycles. The third-order valence-electron chi connectivity index (χ3n) is 0.967. The van der Waals surface area contributed by atoms with Crippen LogP contribution < -0.4 is 5.32 Å². The molecule has 0 amide bonds. The molecular formula is C10H18N2O2. The summed E-state index contributed by atoms with van der Waals surface area (Å²) in [4.78, 5) is 9.59.